The predicted octanol–water partition coefficient (Wildman–Crippen LogP) is 4.62. The largest absolute Gasteiger partial charge is 0.384 e. The van der Waals surface area contributed by atoms with Crippen LogP contribution in [0.25, 0.3) is 11.1 Å². The van der Waals surface area contributed by atoms with Gasteiger partial charge in [-0.1, -0.05) is 36.8 Å². The molecule has 18 heavy (non-hydrogen) atoms. The molecular formula is C16H18FN. The molecule has 0 bridgehead atoms. The minimum atomic E-state index is -0.204. The molecule has 0 aliphatic rings. The lowest BCUT2D eigenvalue weighted by Crippen LogP contribution is -2.01. The summed E-state index contributed by atoms with van der Waals surface area (Å²) in [7, 11) is 0. The van der Waals surface area contributed by atoms with Gasteiger partial charge >= 0.3 is 0 Å². The van der Waals surface area contributed by atoms with E-state index >= 15 is 0 Å². The number of nitrogens with one attached hydrogen (secondary N) is 1. The average Bonchev–Trinajstić information content (AvgIpc) is 2.38. The maximum Gasteiger partial charge on any atom is 0.125 e. The molecule has 0 heterocycles. The molecular weight excluding hydrogens is 225 g/mol. The maximum absolute atomic E-state index is 13.3. The zero-order valence-electron chi connectivity index (χ0n) is 10.8. The highest BCUT2D eigenvalue weighted by molar-refractivity contribution is 5.78. The molecule has 2 rings (SSSR count). The van der Waals surface area contributed by atoms with Crippen LogP contribution >= 0.6 is 0 Å². The third-order valence-electron chi connectivity index (χ3n) is 2.91. The van der Waals surface area contributed by atoms with Gasteiger partial charge in [0.05, 0.1) is 0 Å². The SMILES string of the molecule is CCCNc1cc(F)ccc1-c1ccc(C)cc1. The number of benzene rings is 2. The highest BCUT2D eigenvalue weighted by Gasteiger charge is 2.05. The molecule has 2 aromatic rings. The molecule has 0 amide bonds. The van der Waals surface area contributed by atoms with Crippen molar-refractivity contribution in [1.29, 1.82) is 0 Å². The minimum absolute atomic E-state index is 0.204. The second-order valence-electron chi connectivity index (χ2n) is 4.48. The van der Waals surface area contributed by atoms with Gasteiger partial charge in [-0.2, -0.15) is 0 Å². The zero-order valence-corrected chi connectivity index (χ0v) is 10.8. The molecule has 0 spiro atoms. The highest BCUT2D eigenvalue weighted by Crippen LogP contribution is 2.29. The van der Waals surface area contributed by atoms with Crippen molar-refractivity contribution in [1.82, 2.24) is 0 Å². The van der Waals surface area contributed by atoms with Crippen LogP contribution in [0.2, 0.25) is 0 Å². The summed E-state index contributed by atoms with van der Waals surface area (Å²) in [6.07, 6.45) is 1.02. The fourth-order valence-corrected chi connectivity index (χ4v) is 1.91. The zero-order chi connectivity index (χ0) is 13.0. The third kappa shape index (κ3) is 2.89. The standard InChI is InChI=1S/C16H18FN/c1-3-10-18-16-11-14(17)8-9-15(16)13-6-4-12(2)5-7-13/h4-9,11,18H,3,10H2,1-2H3. The molecule has 1 nitrogen and oxygen atoms in total. The highest BCUT2D eigenvalue weighted by atomic mass is 19.1. The van der Waals surface area contributed by atoms with E-state index in [1.54, 1.807) is 6.07 Å². The van der Waals surface area contributed by atoms with Gasteiger partial charge in [0.2, 0.25) is 0 Å². The first kappa shape index (κ1) is 12.6. The second kappa shape index (κ2) is 5.67. The number of halogens is 1. The Morgan fingerprint density at radius 1 is 1.06 bits per heavy atom. The van der Waals surface area contributed by atoms with Crippen LogP contribution in [-0.2, 0) is 0 Å². The maximum atomic E-state index is 13.3. The van der Waals surface area contributed by atoms with Crippen LogP contribution < -0.4 is 5.32 Å². The number of hydrogen-bond donors (Lipinski definition) is 1. The normalized spacial score (nSPS) is 10.4. The van der Waals surface area contributed by atoms with E-state index in [1.165, 1.54) is 11.6 Å². The Kier molecular flexibility index (Phi) is 3.98. The van der Waals surface area contributed by atoms with Crippen LogP contribution in [0.3, 0.4) is 0 Å². The Hall–Kier alpha value is -1.83. The van der Waals surface area contributed by atoms with Crippen molar-refractivity contribution >= 4 is 5.69 Å². The minimum Gasteiger partial charge on any atom is -0.384 e. The molecule has 0 aliphatic heterocycles. The lowest BCUT2D eigenvalue weighted by molar-refractivity contribution is 0.628. The first-order valence-corrected chi connectivity index (χ1v) is 6.31. The molecule has 94 valence electrons. The van der Waals surface area contributed by atoms with Crippen molar-refractivity contribution in [2.24, 2.45) is 0 Å². The van der Waals surface area contributed by atoms with Crippen LogP contribution in [0.1, 0.15) is 18.9 Å². The van der Waals surface area contributed by atoms with E-state index < -0.39 is 0 Å². The van der Waals surface area contributed by atoms with Gasteiger partial charge in [0, 0.05) is 17.8 Å². The van der Waals surface area contributed by atoms with E-state index in [0.29, 0.717) is 0 Å². The van der Waals surface area contributed by atoms with E-state index in [4.69, 9.17) is 0 Å². The molecule has 0 aromatic heterocycles. The smallest absolute Gasteiger partial charge is 0.125 e. The molecule has 1 N–H and O–H groups in total. The predicted molar refractivity (Wildman–Crippen MR) is 75.4 cm³/mol. The summed E-state index contributed by atoms with van der Waals surface area (Å²) >= 11 is 0. The van der Waals surface area contributed by atoms with Crippen LogP contribution in [0, 0.1) is 12.7 Å². The molecule has 0 atom stereocenters. The lowest BCUT2D eigenvalue weighted by atomic mass is 10.0. The van der Waals surface area contributed by atoms with Crippen LogP contribution in [-0.4, -0.2) is 6.54 Å². The fraction of sp³-hybridized carbons (Fsp3) is 0.250. The summed E-state index contributed by atoms with van der Waals surface area (Å²) in [6, 6.07) is 13.2. The van der Waals surface area contributed by atoms with Gasteiger partial charge in [-0.25, -0.2) is 4.39 Å². The number of anilines is 1. The Morgan fingerprint density at radius 2 is 1.78 bits per heavy atom. The first-order valence-electron chi connectivity index (χ1n) is 6.31. The molecule has 0 aliphatic carbocycles. The Labute approximate surface area is 108 Å². The van der Waals surface area contributed by atoms with Gasteiger partial charge in [-0.05, 0) is 37.1 Å². The Balaban J connectivity index is 2.39. The first-order chi connectivity index (χ1) is 8.70. The Bertz CT molecular complexity index is 517. The molecule has 2 heteroatoms. The van der Waals surface area contributed by atoms with Crippen LogP contribution in [0.5, 0.6) is 0 Å². The third-order valence-corrected chi connectivity index (χ3v) is 2.91. The lowest BCUT2D eigenvalue weighted by Gasteiger charge is -2.12. The summed E-state index contributed by atoms with van der Waals surface area (Å²) in [6.45, 7) is 5.00. The van der Waals surface area contributed by atoms with Gasteiger partial charge < -0.3 is 5.32 Å². The van der Waals surface area contributed by atoms with Crippen molar-refractivity contribution in [3.05, 3.63) is 53.8 Å². The van der Waals surface area contributed by atoms with Crippen molar-refractivity contribution in [3.63, 3.8) is 0 Å². The molecule has 2 aromatic carbocycles. The number of hydrogen-bond acceptors (Lipinski definition) is 1. The van der Waals surface area contributed by atoms with Crippen LogP contribution in [0.4, 0.5) is 10.1 Å². The van der Waals surface area contributed by atoms with Gasteiger partial charge in [-0.3, -0.25) is 0 Å². The summed E-state index contributed by atoms with van der Waals surface area (Å²) < 4.78 is 13.3. The monoisotopic (exact) mass is 243 g/mol. The van der Waals surface area contributed by atoms with Gasteiger partial charge in [0.1, 0.15) is 5.82 Å². The van der Waals surface area contributed by atoms with Gasteiger partial charge in [0.15, 0.2) is 0 Å². The van der Waals surface area contributed by atoms with Crippen molar-refractivity contribution in [2.45, 2.75) is 20.3 Å². The van der Waals surface area contributed by atoms with Gasteiger partial charge in [-0.15, -0.1) is 0 Å². The molecule has 0 saturated heterocycles. The summed E-state index contributed by atoms with van der Waals surface area (Å²) in [4.78, 5) is 0. The summed E-state index contributed by atoms with van der Waals surface area (Å²) in [5.74, 6) is -0.204. The van der Waals surface area contributed by atoms with Crippen LogP contribution in [0.15, 0.2) is 42.5 Å². The van der Waals surface area contributed by atoms with Gasteiger partial charge in [0.25, 0.3) is 0 Å². The van der Waals surface area contributed by atoms with Crippen molar-refractivity contribution in [2.75, 3.05) is 11.9 Å². The van der Waals surface area contributed by atoms with E-state index in [2.05, 4.69) is 43.4 Å². The van der Waals surface area contributed by atoms with E-state index in [9.17, 15) is 4.39 Å². The molecule has 0 radical (unpaired) electrons. The number of aryl methyl sites for hydroxylation is 1. The molecule has 0 fully saturated rings. The quantitative estimate of drug-likeness (QED) is 0.826. The van der Waals surface area contributed by atoms with E-state index in [1.807, 2.05) is 6.07 Å². The molecule has 0 unspecified atom stereocenters. The van der Waals surface area contributed by atoms with E-state index in [0.717, 1.165) is 29.8 Å². The van der Waals surface area contributed by atoms with Crippen molar-refractivity contribution in [3.8, 4) is 11.1 Å². The fourth-order valence-electron chi connectivity index (χ4n) is 1.91. The molecule has 0 saturated carbocycles. The summed E-state index contributed by atoms with van der Waals surface area (Å²) in [5.41, 5.74) is 4.24. The summed E-state index contributed by atoms with van der Waals surface area (Å²) in [5, 5.41) is 3.28. The topological polar surface area (TPSA) is 12.0 Å². The Morgan fingerprint density at radius 3 is 2.44 bits per heavy atom. The number of rotatable bonds is 4. The van der Waals surface area contributed by atoms with E-state index in [-0.39, 0.29) is 5.82 Å². The van der Waals surface area contributed by atoms with Crippen molar-refractivity contribution < 1.29 is 4.39 Å². The second-order valence-corrected chi connectivity index (χ2v) is 4.48. The average molecular weight is 243 g/mol.